The average molecular weight is 500 g/mol. The van der Waals surface area contributed by atoms with E-state index in [9.17, 15) is 9.59 Å². The minimum Gasteiger partial charge on any atom is -0.490 e. The van der Waals surface area contributed by atoms with Crippen molar-refractivity contribution in [1.82, 2.24) is 5.43 Å². The molecule has 2 N–H and O–H groups in total. The fourth-order valence-electron chi connectivity index (χ4n) is 2.85. The van der Waals surface area contributed by atoms with Crippen molar-refractivity contribution in [3.05, 3.63) is 87.4 Å². The van der Waals surface area contributed by atoms with Crippen molar-refractivity contribution in [2.24, 2.45) is 5.10 Å². The van der Waals surface area contributed by atoms with Crippen molar-refractivity contribution in [2.75, 3.05) is 11.9 Å². The van der Waals surface area contributed by atoms with Crippen LogP contribution in [0, 0.1) is 6.92 Å². The van der Waals surface area contributed by atoms with Gasteiger partial charge in [-0.3, -0.25) is 9.59 Å². The molecule has 0 aliphatic heterocycles. The zero-order valence-electron chi connectivity index (χ0n) is 18.6. The molecule has 2 amide bonds. The Kier molecular flexibility index (Phi) is 8.90. The molecule has 176 valence electrons. The summed E-state index contributed by atoms with van der Waals surface area (Å²) in [5, 5.41) is 7.38. The molecule has 0 atom stereocenters. The van der Waals surface area contributed by atoms with Crippen molar-refractivity contribution < 1.29 is 19.1 Å². The predicted octanol–water partition coefficient (Wildman–Crippen LogP) is 5.37. The third kappa shape index (κ3) is 6.97. The molecule has 3 aromatic rings. The molecule has 0 saturated heterocycles. The smallest absolute Gasteiger partial charge is 0.329 e. The highest BCUT2D eigenvalue weighted by Gasteiger charge is 2.13. The first-order valence-corrected chi connectivity index (χ1v) is 11.2. The number of rotatable bonds is 8. The van der Waals surface area contributed by atoms with E-state index in [0.717, 1.165) is 5.56 Å². The van der Waals surface area contributed by atoms with Crippen LogP contribution in [-0.2, 0) is 16.2 Å². The maximum Gasteiger partial charge on any atom is 0.329 e. The van der Waals surface area contributed by atoms with Crippen molar-refractivity contribution in [1.29, 1.82) is 0 Å². The van der Waals surface area contributed by atoms with Gasteiger partial charge in [0.05, 0.1) is 12.8 Å². The van der Waals surface area contributed by atoms with E-state index in [1.54, 1.807) is 48.5 Å². The summed E-state index contributed by atoms with van der Waals surface area (Å²) >= 11 is 12.4. The quantitative estimate of drug-likeness (QED) is 0.247. The number of anilines is 1. The van der Waals surface area contributed by atoms with Crippen LogP contribution >= 0.6 is 23.2 Å². The zero-order valence-corrected chi connectivity index (χ0v) is 20.1. The lowest BCUT2D eigenvalue weighted by Gasteiger charge is -2.14. The first-order chi connectivity index (χ1) is 16.4. The van der Waals surface area contributed by atoms with E-state index >= 15 is 0 Å². The number of ether oxygens (including phenoxy) is 2. The lowest BCUT2D eigenvalue weighted by molar-refractivity contribution is -0.136. The number of nitrogens with one attached hydrogen (secondary N) is 2. The van der Waals surface area contributed by atoms with Crippen LogP contribution in [0.4, 0.5) is 5.69 Å². The topological polar surface area (TPSA) is 89.0 Å². The molecule has 3 aromatic carbocycles. The van der Waals surface area contributed by atoms with Gasteiger partial charge in [0, 0.05) is 21.3 Å². The first kappa shape index (κ1) is 25.1. The summed E-state index contributed by atoms with van der Waals surface area (Å²) in [6.45, 7) is 4.36. The summed E-state index contributed by atoms with van der Waals surface area (Å²) in [5.74, 6) is -0.731. The SMILES string of the molecule is CCOc1cc(/C=N/NC(=O)C(=O)Nc2ccc(C)cc2)ccc1OCc1c(Cl)cccc1Cl. The number of nitrogens with zero attached hydrogens (tertiary/aromatic N) is 1. The molecule has 0 aliphatic rings. The third-order valence-electron chi connectivity index (χ3n) is 4.60. The van der Waals surface area contributed by atoms with Crippen LogP contribution in [0.3, 0.4) is 0 Å². The normalized spacial score (nSPS) is 10.7. The standard InChI is InChI=1S/C25H23Cl2N3O4/c1-3-33-23-13-17(9-12-22(23)34-15-19-20(26)5-4-6-21(19)27)14-28-30-25(32)24(31)29-18-10-7-16(2)8-11-18/h4-14H,3,15H2,1-2H3,(H,29,31)(H,30,32)/b28-14+. The molecular formula is C25H23Cl2N3O4. The first-order valence-electron chi connectivity index (χ1n) is 10.4. The molecule has 0 fully saturated rings. The summed E-state index contributed by atoms with van der Waals surface area (Å²) < 4.78 is 11.5. The Hall–Kier alpha value is -3.55. The summed E-state index contributed by atoms with van der Waals surface area (Å²) in [5.41, 5.74) is 5.07. The zero-order chi connectivity index (χ0) is 24.5. The fourth-order valence-corrected chi connectivity index (χ4v) is 3.36. The molecule has 0 aliphatic carbocycles. The highest BCUT2D eigenvalue weighted by atomic mass is 35.5. The van der Waals surface area contributed by atoms with Crippen molar-refractivity contribution in [3.8, 4) is 11.5 Å². The maximum atomic E-state index is 12.0. The number of hydrogen-bond donors (Lipinski definition) is 2. The van der Waals surface area contributed by atoms with Crippen LogP contribution in [0.5, 0.6) is 11.5 Å². The van der Waals surface area contributed by atoms with E-state index in [1.165, 1.54) is 6.21 Å². The summed E-state index contributed by atoms with van der Waals surface area (Å²) in [7, 11) is 0. The highest BCUT2D eigenvalue weighted by Crippen LogP contribution is 2.31. The van der Waals surface area contributed by atoms with Gasteiger partial charge in [-0.05, 0) is 61.9 Å². The second-order valence-corrected chi connectivity index (χ2v) is 7.96. The lowest BCUT2D eigenvalue weighted by atomic mass is 10.2. The van der Waals surface area contributed by atoms with E-state index in [2.05, 4.69) is 15.8 Å². The number of carbonyl (C=O) groups excluding carboxylic acids is 2. The maximum absolute atomic E-state index is 12.0. The van der Waals surface area contributed by atoms with Gasteiger partial charge in [0.25, 0.3) is 0 Å². The highest BCUT2D eigenvalue weighted by molar-refractivity contribution is 6.39. The number of hydrazone groups is 1. The molecule has 0 unspecified atom stereocenters. The van der Waals surface area contributed by atoms with E-state index < -0.39 is 11.8 Å². The predicted molar refractivity (Wildman–Crippen MR) is 134 cm³/mol. The molecule has 9 heteroatoms. The van der Waals surface area contributed by atoms with Gasteiger partial charge < -0.3 is 14.8 Å². The van der Waals surface area contributed by atoms with Gasteiger partial charge in [-0.25, -0.2) is 5.43 Å². The van der Waals surface area contributed by atoms with E-state index in [-0.39, 0.29) is 6.61 Å². The van der Waals surface area contributed by atoms with Crippen molar-refractivity contribution in [2.45, 2.75) is 20.5 Å². The van der Waals surface area contributed by atoms with Crippen LogP contribution in [0.25, 0.3) is 0 Å². The lowest BCUT2D eigenvalue weighted by Crippen LogP contribution is -2.32. The molecule has 0 heterocycles. The second kappa shape index (κ2) is 12.1. The second-order valence-electron chi connectivity index (χ2n) is 7.15. The van der Waals surface area contributed by atoms with Crippen LogP contribution in [0.2, 0.25) is 10.0 Å². The van der Waals surface area contributed by atoms with Gasteiger partial charge in [0.1, 0.15) is 6.61 Å². The Morgan fingerprint density at radius 1 is 0.941 bits per heavy atom. The minimum atomic E-state index is -0.890. The third-order valence-corrected chi connectivity index (χ3v) is 5.30. The number of aryl methyl sites for hydroxylation is 1. The van der Waals surface area contributed by atoms with Gasteiger partial charge in [-0.2, -0.15) is 5.10 Å². The number of carbonyl (C=O) groups is 2. The largest absolute Gasteiger partial charge is 0.490 e. The molecule has 3 rings (SSSR count). The Labute approximate surface area is 207 Å². The Morgan fingerprint density at radius 2 is 1.65 bits per heavy atom. The summed E-state index contributed by atoms with van der Waals surface area (Å²) in [4.78, 5) is 24.0. The Balaban J connectivity index is 1.61. The summed E-state index contributed by atoms with van der Waals surface area (Å²) in [6, 6.07) is 17.5. The van der Waals surface area contributed by atoms with Gasteiger partial charge in [-0.15, -0.1) is 0 Å². The number of benzene rings is 3. The van der Waals surface area contributed by atoms with Gasteiger partial charge in [-0.1, -0.05) is 47.0 Å². The van der Waals surface area contributed by atoms with E-state index in [0.29, 0.717) is 45.0 Å². The van der Waals surface area contributed by atoms with Crippen molar-refractivity contribution in [3.63, 3.8) is 0 Å². The fraction of sp³-hybridized carbons (Fsp3) is 0.160. The number of amides is 2. The average Bonchev–Trinajstić information content (AvgIpc) is 2.81. The van der Waals surface area contributed by atoms with Crippen LogP contribution in [-0.4, -0.2) is 24.6 Å². The Morgan fingerprint density at radius 3 is 2.32 bits per heavy atom. The number of halogens is 2. The molecule has 0 spiro atoms. The Bertz CT molecular complexity index is 1180. The molecular weight excluding hydrogens is 477 g/mol. The van der Waals surface area contributed by atoms with Gasteiger partial charge >= 0.3 is 11.8 Å². The molecule has 0 saturated carbocycles. The van der Waals surface area contributed by atoms with Gasteiger partial charge in [0.15, 0.2) is 11.5 Å². The van der Waals surface area contributed by atoms with Crippen LogP contribution < -0.4 is 20.2 Å². The van der Waals surface area contributed by atoms with Crippen molar-refractivity contribution >= 4 is 46.9 Å². The molecule has 0 aromatic heterocycles. The monoisotopic (exact) mass is 499 g/mol. The molecule has 0 bridgehead atoms. The molecule has 0 radical (unpaired) electrons. The molecule has 7 nitrogen and oxygen atoms in total. The van der Waals surface area contributed by atoms with Crippen LogP contribution in [0.1, 0.15) is 23.6 Å². The summed E-state index contributed by atoms with van der Waals surface area (Å²) in [6.07, 6.45) is 1.40. The molecule has 34 heavy (non-hydrogen) atoms. The van der Waals surface area contributed by atoms with Gasteiger partial charge in [0.2, 0.25) is 0 Å². The van der Waals surface area contributed by atoms with E-state index in [4.69, 9.17) is 32.7 Å². The number of hydrogen-bond acceptors (Lipinski definition) is 5. The minimum absolute atomic E-state index is 0.165. The van der Waals surface area contributed by atoms with Crippen LogP contribution in [0.15, 0.2) is 65.8 Å². The van der Waals surface area contributed by atoms with E-state index in [1.807, 2.05) is 26.0 Å².